The Morgan fingerprint density at radius 1 is 0.893 bits per heavy atom. The quantitative estimate of drug-likeness (QED) is 0.490. The van der Waals surface area contributed by atoms with Gasteiger partial charge in [0.05, 0.1) is 17.1 Å². The molecule has 0 radical (unpaired) electrons. The smallest absolute Gasteiger partial charge is 0.255 e. The van der Waals surface area contributed by atoms with Crippen LogP contribution in [-0.2, 0) is 0 Å². The van der Waals surface area contributed by atoms with E-state index in [0.29, 0.717) is 22.7 Å². The third-order valence-corrected chi connectivity index (χ3v) is 4.50. The lowest BCUT2D eigenvalue weighted by Crippen LogP contribution is -1.99. The molecule has 7 heteroatoms. The molecule has 132 valence electrons. The van der Waals surface area contributed by atoms with Crippen molar-refractivity contribution in [1.82, 2.24) is 29.4 Å². The Morgan fingerprint density at radius 3 is 2.39 bits per heavy atom. The van der Waals surface area contributed by atoms with Crippen molar-refractivity contribution >= 4 is 5.78 Å². The van der Waals surface area contributed by atoms with E-state index in [1.165, 1.54) is 0 Å². The predicted octanol–water partition coefficient (Wildman–Crippen LogP) is 3.52. The van der Waals surface area contributed by atoms with E-state index in [2.05, 4.69) is 21.3 Å². The summed E-state index contributed by atoms with van der Waals surface area (Å²) in [5.41, 5.74) is 4.27. The van der Waals surface area contributed by atoms with Crippen molar-refractivity contribution in [3.63, 3.8) is 0 Å². The first kappa shape index (κ1) is 15.9. The molecule has 0 N–H and O–H groups in total. The van der Waals surface area contributed by atoms with Gasteiger partial charge in [0.2, 0.25) is 0 Å². The molecule has 0 saturated heterocycles. The molecule has 0 aliphatic rings. The van der Waals surface area contributed by atoms with E-state index >= 15 is 0 Å². The highest BCUT2D eigenvalue weighted by molar-refractivity contribution is 5.78. The van der Waals surface area contributed by atoms with Crippen LogP contribution in [0.3, 0.4) is 0 Å². The zero-order chi connectivity index (χ0) is 18.9. The summed E-state index contributed by atoms with van der Waals surface area (Å²) >= 11 is 0. The number of aromatic nitrogens is 6. The monoisotopic (exact) mass is 363 g/mol. The maximum atomic E-state index is 10.0. The molecule has 0 unspecified atom stereocenters. The Labute approximate surface area is 160 Å². The van der Waals surface area contributed by atoms with Crippen LogP contribution in [-0.4, -0.2) is 29.4 Å². The van der Waals surface area contributed by atoms with Crippen molar-refractivity contribution in [2.24, 2.45) is 0 Å². The van der Waals surface area contributed by atoms with Crippen LogP contribution >= 0.6 is 0 Å². The zero-order valence-electron chi connectivity index (χ0n) is 14.6. The van der Waals surface area contributed by atoms with Gasteiger partial charge in [-0.3, -0.25) is 4.40 Å². The molecule has 0 fully saturated rings. The van der Waals surface area contributed by atoms with Gasteiger partial charge in [0.25, 0.3) is 5.78 Å². The Balaban J connectivity index is 1.86. The lowest BCUT2D eigenvalue weighted by Gasteiger charge is -2.07. The largest absolute Gasteiger partial charge is 0.264 e. The molecule has 28 heavy (non-hydrogen) atoms. The maximum Gasteiger partial charge on any atom is 0.255 e. The van der Waals surface area contributed by atoms with Crippen molar-refractivity contribution in [3.8, 4) is 34.4 Å². The van der Waals surface area contributed by atoms with Gasteiger partial charge in [0.15, 0.2) is 0 Å². The fourth-order valence-corrected chi connectivity index (χ4v) is 3.26. The van der Waals surface area contributed by atoms with Crippen molar-refractivity contribution in [3.05, 3.63) is 84.8 Å². The number of nitriles is 1. The van der Waals surface area contributed by atoms with Gasteiger partial charge in [-0.1, -0.05) is 48.5 Å². The van der Waals surface area contributed by atoms with Crippen LogP contribution in [0.25, 0.3) is 34.1 Å². The van der Waals surface area contributed by atoms with E-state index in [4.69, 9.17) is 5.10 Å². The summed E-state index contributed by atoms with van der Waals surface area (Å²) in [6, 6.07) is 23.7. The molecule has 5 rings (SSSR count). The second kappa shape index (κ2) is 6.45. The molecular weight excluding hydrogens is 350 g/mol. The Kier molecular flexibility index (Phi) is 3.66. The molecule has 5 aromatic rings. The standard InChI is InChI=1S/C21H13N7/c22-13-17-19(18-11-12-23-21-25-24-14-27(18)21)26-28(16-9-5-2-6-10-16)20(17)15-7-3-1-4-8-15/h1-12,14H. The number of hydrogen-bond acceptors (Lipinski definition) is 5. The van der Waals surface area contributed by atoms with Crippen LogP contribution in [0.2, 0.25) is 0 Å². The number of nitrogens with zero attached hydrogens (tertiary/aromatic N) is 7. The van der Waals surface area contributed by atoms with Gasteiger partial charge in [-0.2, -0.15) is 10.4 Å². The molecule has 7 nitrogen and oxygen atoms in total. The highest BCUT2D eigenvalue weighted by Crippen LogP contribution is 2.33. The highest BCUT2D eigenvalue weighted by atomic mass is 15.3. The zero-order valence-corrected chi connectivity index (χ0v) is 14.6. The van der Waals surface area contributed by atoms with Crippen LogP contribution in [0, 0.1) is 11.3 Å². The molecule has 0 atom stereocenters. The fourth-order valence-electron chi connectivity index (χ4n) is 3.26. The predicted molar refractivity (Wildman–Crippen MR) is 103 cm³/mol. The summed E-state index contributed by atoms with van der Waals surface area (Å²) in [7, 11) is 0. The Hall–Kier alpha value is -4.31. The minimum atomic E-state index is 0.455. The summed E-state index contributed by atoms with van der Waals surface area (Å²) in [5, 5.41) is 22.8. The molecule has 0 saturated carbocycles. The number of para-hydroxylation sites is 1. The highest BCUT2D eigenvalue weighted by Gasteiger charge is 2.23. The SMILES string of the molecule is N#Cc1c(-c2ccnc3nncn23)nn(-c2ccccc2)c1-c1ccccc1. The van der Waals surface area contributed by atoms with Gasteiger partial charge in [0.1, 0.15) is 23.7 Å². The average molecular weight is 363 g/mol. The fraction of sp³-hybridized carbons (Fsp3) is 0. The first-order chi connectivity index (χ1) is 13.9. The average Bonchev–Trinajstić information content (AvgIpc) is 3.39. The molecule has 0 bridgehead atoms. The van der Waals surface area contributed by atoms with Crippen molar-refractivity contribution in [1.29, 1.82) is 5.26 Å². The van der Waals surface area contributed by atoms with E-state index in [9.17, 15) is 5.26 Å². The van der Waals surface area contributed by atoms with Crippen LogP contribution in [0.15, 0.2) is 79.3 Å². The van der Waals surface area contributed by atoms with E-state index < -0.39 is 0 Å². The minimum Gasteiger partial charge on any atom is -0.264 e. The molecule has 0 aliphatic carbocycles. The van der Waals surface area contributed by atoms with Crippen molar-refractivity contribution in [2.75, 3.05) is 0 Å². The first-order valence-electron chi connectivity index (χ1n) is 8.66. The number of rotatable bonds is 3. The van der Waals surface area contributed by atoms with Crippen LogP contribution in [0.1, 0.15) is 5.56 Å². The molecular formula is C21H13N7. The van der Waals surface area contributed by atoms with Gasteiger partial charge in [-0.25, -0.2) is 9.67 Å². The molecule has 0 aliphatic heterocycles. The van der Waals surface area contributed by atoms with E-state index in [1.807, 2.05) is 66.7 Å². The summed E-state index contributed by atoms with van der Waals surface area (Å²) in [6.07, 6.45) is 3.22. The summed E-state index contributed by atoms with van der Waals surface area (Å²) < 4.78 is 3.53. The van der Waals surface area contributed by atoms with E-state index in [-0.39, 0.29) is 0 Å². The van der Waals surface area contributed by atoms with Crippen LogP contribution in [0.5, 0.6) is 0 Å². The van der Waals surface area contributed by atoms with E-state index in [1.54, 1.807) is 21.6 Å². The van der Waals surface area contributed by atoms with E-state index in [0.717, 1.165) is 16.9 Å². The van der Waals surface area contributed by atoms with Crippen molar-refractivity contribution < 1.29 is 0 Å². The van der Waals surface area contributed by atoms with Gasteiger partial charge >= 0.3 is 0 Å². The lowest BCUT2D eigenvalue weighted by atomic mass is 10.0. The molecule has 0 spiro atoms. The summed E-state index contributed by atoms with van der Waals surface area (Å²) in [5.74, 6) is 0.455. The van der Waals surface area contributed by atoms with Gasteiger partial charge in [0, 0.05) is 11.8 Å². The summed E-state index contributed by atoms with van der Waals surface area (Å²) in [6.45, 7) is 0. The summed E-state index contributed by atoms with van der Waals surface area (Å²) in [4.78, 5) is 4.20. The molecule has 3 heterocycles. The van der Waals surface area contributed by atoms with Crippen LogP contribution in [0.4, 0.5) is 0 Å². The van der Waals surface area contributed by atoms with Gasteiger partial charge in [-0.05, 0) is 18.2 Å². The van der Waals surface area contributed by atoms with Gasteiger partial charge in [-0.15, -0.1) is 10.2 Å². The maximum absolute atomic E-state index is 10.0. The van der Waals surface area contributed by atoms with Crippen molar-refractivity contribution in [2.45, 2.75) is 0 Å². The molecule has 2 aromatic carbocycles. The minimum absolute atomic E-state index is 0.455. The normalized spacial score (nSPS) is 10.8. The lowest BCUT2D eigenvalue weighted by molar-refractivity contribution is 0.887. The first-order valence-corrected chi connectivity index (χ1v) is 8.66. The second-order valence-electron chi connectivity index (χ2n) is 6.13. The van der Waals surface area contributed by atoms with Crippen LogP contribution < -0.4 is 0 Å². The Morgan fingerprint density at radius 2 is 1.64 bits per heavy atom. The number of fused-ring (bicyclic) bond motifs is 1. The molecule has 0 amide bonds. The third kappa shape index (κ3) is 2.44. The topological polar surface area (TPSA) is 84.7 Å². The van der Waals surface area contributed by atoms with Gasteiger partial charge < -0.3 is 0 Å². The number of benzene rings is 2. The Bertz CT molecular complexity index is 1310. The third-order valence-electron chi connectivity index (χ3n) is 4.50. The second-order valence-corrected chi connectivity index (χ2v) is 6.13. The molecule has 3 aromatic heterocycles. The number of hydrogen-bond donors (Lipinski definition) is 0.